The first-order valence-corrected chi connectivity index (χ1v) is 4.40. The van der Waals surface area contributed by atoms with E-state index in [2.05, 4.69) is 4.98 Å². The van der Waals surface area contributed by atoms with Crippen molar-refractivity contribution in [3.8, 4) is 0 Å². The van der Waals surface area contributed by atoms with Gasteiger partial charge < -0.3 is 5.11 Å². The quantitative estimate of drug-likeness (QED) is 0.775. The highest BCUT2D eigenvalue weighted by Crippen LogP contribution is 2.22. The van der Waals surface area contributed by atoms with Crippen LogP contribution in [0.25, 0.3) is 0 Å². The van der Waals surface area contributed by atoms with Crippen LogP contribution in [0, 0.1) is 5.82 Å². The lowest BCUT2D eigenvalue weighted by Crippen LogP contribution is -2.08. The van der Waals surface area contributed by atoms with Crippen molar-refractivity contribution in [2.24, 2.45) is 0 Å². The first-order chi connectivity index (χ1) is 6.43. The van der Waals surface area contributed by atoms with E-state index in [-0.39, 0.29) is 11.6 Å². The number of halogens is 2. The minimum atomic E-state index is -1.20. The van der Waals surface area contributed by atoms with Crippen LogP contribution >= 0.6 is 11.6 Å². The number of carboxylic acid groups (broad SMARTS) is 1. The summed E-state index contributed by atoms with van der Waals surface area (Å²) in [6, 6.07) is 1.11. The Bertz CT molecular complexity index is 379. The molecule has 0 bridgehead atoms. The number of pyridine rings is 1. The summed E-state index contributed by atoms with van der Waals surface area (Å²) < 4.78 is 13.0. The Morgan fingerprint density at radius 3 is 2.64 bits per heavy atom. The summed E-state index contributed by atoms with van der Waals surface area (Å²) in [5.41, 5.74) is 0.158. The molecule has 14 heavy (non-hydrogen) atoms. The molecule has 0 atom stereocenters. The Labute approximate surface area is 85.5 Å². The normalized spacial score (nSPS) is 10.6. The monoisotopic (exact) mass is 217 g/mol. The molecule has 5 heteroatoms. The molecule has 1 N–H and O–H groups in total. The van der Waals surface area contributed by atoms with Crippen molar-refractivity contribution < 1.29 is 14.3 Å². The van der Waals surface area contributed by atoms with Gasteiger partial charge >= 0.3 is 5.97 Å². The van der Waals surface area contributed by atoms with Gasteiger partial charge in [-0.3, -0.25) is 0 Å². The van der Waals surface area contributed by atoms with Crippen LogP contribution in [0.5, 0.6) is 0 Å². The van der Waals surface area contributed by atoms with E-state index < -0.39 is 16.9 Å². The molecule has 0 radical (unpaired) electrons. The van der Waals surface area contributed by atoms with Crippen molar-refractivity contribution >= 4 is 17.6 Å². The minimum Gasteiger partial charge on any atom is -0.477 e. The molecule has 0 aliphatic carbocycles. The molecule has 0 saturated carbocycles. The SMILES string of the molecule is CC(C)c1cc(F)c(Cl)nc1C(=O)O. The first-order valence-electron chi connectivity index (χ1n) is 4.02. The maximum atomic E-state index is 13.0. The lowest BCUT2D eigenvalue weighted by atomic mass is 10.0. The lowest BCUT2D eigenvalue weighted by molar-refractivity contribution is 0.0688. The third kappa shape index (κ3) is 2.01. The molecule has 0 fully saturated rings. The van der Waals surface area contributed by atoms with Crippen LogP contribution < -0.4 is 0 Å². The van der Waals surface area contributed by atoms with Crippen LogP contribution in [0.2, 0.25) is 5.15 Å². The molecule has 0 aliphatic rings. The highest BCUT2D eigenvalue weighted by molar-refractivity contribution is 6.29. The fraction of sp³-hybridized carbons (Fsp3) is 0.333. The highest BCUT2D eigenvalue weighted by atomic mass is 35.5. The van der Waals surface area contributed by atoms with E-state index >= 15 is 0 Å². The number of aromatic nitrogens is 1. The molecule has 0 unspecified atom stereocenters. The Morgan fingerprint density at radius 1 is 1.64 bits per heavy atom. The van der Waals surface area contributed by atoms with Gasteiger partial charge in [-0.1, -0.05) is 25.4 Å². The average molecular weight is 218 g/mol. The number of nitrogens with zero attached hydrogens (tertiary/aromatic N) is 1. The molecule has 3 nitrogen and oxygen atoms in total. The first kappa shape index (κ1) is 10.9. The van der Waals surface area contributed by atoms with Crippen molar-refractivity contribution in [2.45, 2.75) is 19.8 Å². The zero-order valence-corrected chi connectivity index (χ0v) is 8.47. The Kier molecular flexibility index (Phi) is 3.06. The van der Waals surface area contributed by atoms with Crippen LogP contribution in [-0.4, -0.2) is 16.1 Å². The molecule has 0 amide bonds. The summed E-state index contributed by atoms with van der Waals surface area (Å²) in [5, 5.41) is 8.38. The number of carbonyl (C=O) groups is 1. The number of hydrogen-bond acceptors (Lipinski definition) is 2. The maximum absolute atomic E-state index is 13.0. The third-order valence-corrected chi connectivity index (χ3v) is 2.05. The summed E-state index contributed by atoms with van der Waals surface area (Å²) in [6.07, 6.45) is 0. The van der Waals surface area contributed by atoms with E-state index in [0.29, 0.717) is 5.56 Å². The highest BCUT2D eigenvalue weighted by Gasteiger charge is 2.17. The fourth-order valence-corrected chi connectivity index (χ4v) is 1.23. The van der Waals surface area contributed by atoms with Crippen molar-refractivity contribution in [3.05, 3.63) is 28.3 Å². The predicted octanol–water partition coefficient (Wildman–Crippen LogP) is 2.70. The average Bonchev–Trinajstić information content (AvgIpc) is 2.08. The molecule has 1 aromatic heterocycles. The second-order valence-corrected chi connectivity index (χ2v) is 3.52. The van der Waals surface area contributed by atoms with E-state index in [1.807, 2.05) is 0 Å². The zero-order chi connectivity index (χ0) is 10.9. The zero-order valence-electron chi connectivity index (χ0n) is 7.71. The number of rotatable bonds is 2. The molecule has 1 aromatic rings. The van der Waals surface area contributed by atoms with Gasteiger partial charge in [-0.15, -0.1) is 0 Å². The smallest absolute Gasteiger partial charge is 0.354 e. The van der Waals surface area contributed by atoms with Gasteiger partial charge in [-0.05, 0) is 17.5 Å². The van der Waals surface area contributed by atoms with Gasteiger partial charge in [-0.2, -0.15) is 0 Å². The Hall–Kier alpha value is -1.16. The molecule has 1 rings (SSSR count). The molecular formula is C9H9ClFNO2. The van der Waals surface area contributed by atoms with Gasteiger partial charge in [0, 0.05) is 0 Å². The van der Waals surface area contributed by atoms with Crippen LogP contribution in [0.1, 0.15) is 35.8 Å². The summed E-state index contributed by atoms with van der Waals surface area (Å²) in [6.45, 7) is 3.52. The topological polar surface area (TPSA) is 50.2 Å². The van der Waals surface area contributed by atoms with Crippen molar-refractivity contribution in [1.29, 1.82) is 0 Å². The molecule has 76 valence electrons. The molecule has 0 saturated heterocycles. The molecule has 0 spiro atoms. The van der Waals surface area contributed by atoms with Gasteiger partial charge in [0.15, 0.2) is 16.7 Å². The third-order valence-electron chi connectivity index (χ3n) is 1.79. The van der Waals surface area contributed by atoms with Crippen LogP contribution in [0.3, 0.4) is 0 Å². The number of aromatic carboxylic acids is 1. The summed E-state index contributed by atoms with van der Waals surface area (Å²) in [4.78, 5) is 14.2. The molecular weight excluding hydrogens is 209 g/mol. The minimum absolute atomic E-state index is 0.111. The van der Waals surface area contributed by atoms with Gasteiger partial charge in [0.2, 0.25) is 0 Å². The summed E-state index contributed by atoms with van der Waals surface area (Å²) in [5.74, 6) is -2.00. The largest absolute Gasteiger partial charge is 0.477 e. The molecule has 1 heterocycles. The predicted molar refractivity (Wildman–Crippen MR) is 50.3 cm³/mol. The van der Waals surface area contributed by atoms with Gasteiger partial charge in [0.05, 0.1) is 0 Å². The van der Waals surface area contributed by atoms with Crippen LogP contribution in [0.4, 0.5) is 4.39 Å². The van der Waals surface area contributed by atoms with Gasteiger partial charge in [-0.25, -0.2) is 14.2 Å². The maximum Gasteiger partial charge on any atom is 0.354 e. The second kappa shape index (κ2) is 3.92. The number of carboxylic acids is 1. The van der Waals surface area contributed by atoms with Crippen molar-refractivity contribution in [2.75, 3.05) is 0 Å². The van der Waals surface area contributed by atoms with Crippen molar-refractivity contribution in [1.82, 2.24) is 4.98 Å². The number of hydrogen-bond donors (Lipinski definition) is 1. The van der Waals surface area contributed by atoms with Crippen molar-refractivity contribution in [3.63, 3.8) is 0 Å². The summed E-state index contributed by atoms with van der Waals surface area (Å²) >= 11 is 5.39. The second-order valence-electron chi connectivity index (χ2n) is 3.16. The molecule has 0 aromatic carbocycles. The van der Waals surface area contributed by atoms with E-state index in [9.17, 15) is 9.18 Å². The molecule has 0 aliphatic heterocycles. The van der Waals surface area contributed by atoms with E-state index in [4.69, 9.17) is 16.7 Å². The van der Waals surface area contributed by atoms with Crippen LogP contribution in [0.15, 0.2) is 6.07 Å². The van der Waals surface area contributed by atoms with E-state index in [1.54, 1.807) is 13.8 Å². The standard InChI is InChI=1S/C9H9ClFNO2/c1-4(2)5-3-6(11)8(10)12-7(5)9(13)14/h3-4H,1-2H3,(H,13,14). The summed E-state index contributed by atoms with van der Waals surface area (Å²) in [7, 11) is 0. The Morgan fingerprint density at radius 2 is 2.21 bits per heavy atom. The Balaban J connectivity index is 3.39. The lowest BCUT2D eigenvalue weighted by Gasteiger charge is -2.09. The van der Waals surface area contributed by atoms with Crippen LogP contribution in [-0.2, 0) is 0 Å². The van der Waals surface area contributed by atoms with Gasteiger partial charge in [0.25, 0.3) is 0 Å². The van der Waals surface area contributed by atoms with Gasteiger partial charge in [0.1, 0.15) is 0 Å². The fourth-order valence-electron chi connectivity index (χ4n) is 1.09. The van der Waals surface area contributed by atoms with E-state index in [1.165, 1.54) is 0 Å². The van der Waals surface area contributed by atoms with E-state index in [0.717, 1.165) is 6.07 Å².